The number of likely N-dealkylation sites (tertiary alicyclic amines) is 1. The van der Waals surface area contributed by atoms with E-state index in [-0.39, 0.29) is 30.2 Å². The number of aliphatic carboxylic acids is 1. The number of aromatic nitrogens is 2. The number of amides is 1. The van der Waals surface area contributed by atoms with E-state index in [1.54, 1.807) is 0 Å². The molecule has 6 unspecified atom stereocenters. The molecule has 2 aromatic rings. The van der Waals surface area contributed by atoms with Gasteiger partial charge in [-0.25, -0.2) is 0 Å². The highest BCUT2D eigenvalue weighted by atomic mass is 16.4. The highest BCUT2D eigenvalue weighted by Crippen LogP contribution is 2.52. The van der Waals surface area contributed by atoms with Crippen LogP contribution in [0.3, 0.4) is 0 Å². The number of hydrogen-bond acceptors (Lipinski definition) is 3. The molecule has 1 saturated heterocycles. The standard InChI is InChI=1S/C26H33N3O3/c1-14(26-25-21(15-5-6-15)3-2-4-22(25)27-28-26)9-23(30)29-18-7-8-20-16(10-18)11-19(29)12-17(20)13-24(31)32/h2-4,14-20H,5-13H2,1H3,(H,27,28)(H,31,32). The van der Waals surface area contributed by atoms with Gasteiger partial charge in [-0.1, -0.05) is 19.1 Å². The third-order valence-electron chi connectivity index (χ3n) is 8.91. The maximum Gasteiger partial charge on any atom is 0.303 e. The lowest BCUT2D eigenvalue weighted by Gasteiger charge is -2.57. The average molecular weight is 436 g/mol. The molecule has 0 spiro atoms. The van der Waals surface area contributed by atoms with Crippen molar-refractivity contribution in [2.45, 2.75) is 88.6 Å². The molecule has 2 heterocycles. The first-order chi connectivity index (χ1) is 15.5. The van der Waals surface area contributed by atoms with Crippen molar-refractivity contribution in [2.75, 3.05) is 0 Å². The van der Waals surface area contributed by atoms with E-state index in [9.17, 15) is 14.7 Å². The summed E-state index contributed by atoms with van der Waals surface area (Å²) in [6.07, 6.45) is 8.34. The maximum atomic E-state index is 13.7. The van der Waals surface area contributed by atoms with Crippen molar-refractivity contribution >= 4 is 22.8 Å². The van der Waals surface area contributed by atoms with Crippen LogP contribution in [0.5, 0.6) is 0 Å². The number of aromatic amines is 1. The Morgan fingerprint density at radius 1 is 1.16 bits per heavy atom. The Balaban J connectivity index is 1.23. The van der Waals surface area contributed by atoms with E-state index in [1.807, 2.05) is 0 Å². The number of nitrogens with zero attached hydrogens (tertiary/aromatic N) is 2. The van der Waals surface area contributed by atoms with E-state index in [0.717, 1.165) is 43.3 Å². The summed E-state index contributed by atoms with van der Waals surface area (Å²) in [7, 11) is 0. The number of rotatable bonds is 6. The number of H-pyrrole nitrogens is 1. The van der Waals surface area contributed by atoms with Crippen molar-refractivity contribution in [3.8, 4) is 0 Å². The van der Waals surface area contributed by atoms with Crippen LogP contribution in [-0.4, -0.2) is 44.2 Å². The van der Waals surface area contributed by atoms with Crippen LogP contribution in [-0.2, 0) is 9.59 Å². The van der Waals surface area contributed by atoms with Crippen LogP contribution in [0.4, 0.5) is 0 Å². The average Bonchev–Trinajstić information content (AvgIpc) is 3.50. The van der Waals surface area contributed by atoms with Crippen molar-refractivity contribution in [1.29, 1.82) is 0 Å². The van der Waals surface area contributed by atoms with Crippen molar-refractivity contribution in [1.82, 2.24) is 15.1 Å². The first-order valence-corrected chi connectivity index (χ1v) is 12.5. The van der Waals surface area contributed by atoms with Gasteiger partial charge < -0.3 is 10.0 Å². The maximum absolute atomic E-state index is 13.7. The van der Waals surface area contributed by atoms with Gasteiger partial charge >= 0.3 is 5.97 Å². The topological polar surface area (TPSA) is 86.3 Å². The van der Waals surface area contributed by atoms with Gasteiger partial charge in [-0.05, 0) is 80.2 Å². The molecule has 6 atom stereocenters. The van der Waals surface area contributed by atoms with Crippen LogP contribution in [0.25, 0.3) is 10.9 Å². The van der Waals surface area contributed by atoms with Crippen molar-refractivity contribution in [2.24, 2.45) is 17.8 Å². The normalized spacial score (nSPS) is 32.3. The first-order valence-electron chi connectivity index (χ1n) is 12.5. The van der Waals surface area contributed by atoms with E-state index in [1.165, 1.54) is 23.8 Å². The van der Waals surface area contributed by atoms with Gasteiger partial charge in [-0.2, -0.15) is 5.10 Å². The summed E-state index contributed by atoms with van der Waals surface area (Å²) in [6.45, 7) is 2.15. The predicted molar refractivity (Wildman–Crippen MR) is 121 cm³/mol. The molecule has 0 radical (unpaired) electrons. The van der Waals surface area contributed by atoms with Gasteiger partial charge in [-0.15, -0.1) is 0 Å². The van der Waals surface area contributed by atoms with E-state index < -0.39 is 5.97 Å². The van der Waals surface area contributed by atoms with E-state index in [0.29, 0.717) is 30.2 Å². The summed E-state index contributed by atoms with van der Waals surface area (Å²) in [5, 5.41) is 18.5. The predicted octanol–water partition coefficient (Wildman–Crippen LogP) is 4.81. The SMILES string of the molecule is CC(CC(=O)N1C2CCC3C(CC(=O)O)CC1CC3C2)c1[nH]nc2cccc(C3CC3)c12. The molecule has 3 aliphatic carbocycles. The minimum atomic E-state index is -0.693. The third-order valence-corrected chi connectivity index (χ3v) is 8.91. The number of fused-ring (bicyclic) bond motifs is 3. The lowest BCUT2D eigenvalue weighted by molar-refractivity contribution is -0.151. The number of carbonyl (C=O) groups excluding carboxylic acids is 1. The summed E-state index contributed by atoms with van der Waals surface area (Å²) >= 11 is 0. The number of nitrogens with one attached hydrogen (secondary N) is 1. The quantitative estimate of drug-likeness (QED) is 0.681. The van der Waals surface area contributed by atoms with Gasteiger partial charge in [0, 0.05) is 41.9 Å². The van der Waals surface area contributed by atoms with Gasteiger partial charge in [0.05, 0.1) is 5.52 Å². The van der Waals surface area contributed by atoms with Crippen LogP contribution >= 0.6 is 0 Å². The summed E-state index contributed by atoms with van der Waals surface area (Å²) in [5.41, 5.74) is 3.49. The fraction of sp³-hybridized carbons (Fsp3) is 0.654. The Hall–Kier alpha value is -2.37. The molecule has 6 heteroatoms. The summed E-state index contributed by atoms with van der Waals surface area (Å²) in [6, 6.07) is 6.94. The van der Waals surface area contributed by atoms with Crippen LogP contribution in [0.2, 0.25) is 0 Å². The third kappa shape index (κ3) is 3.34. The molecule has 4 fully saturated rings. The Bertz CT molecular complexity index is 1060. The number of piperidine rings is 1. The fourth-order valence-corrected chi connectivity index (χ4v) is 7.45. The summed E-state index contributed by atoms with van der Waals surface area (Å²) in [5.74, 6) is 1.65. The van der Waals surface area contributed by atoms with Crippen molar-refractivity contribution < 1.29 is 14.7 Å². The van der Waals surface area contributed by atoms with Gasteiger partial charge in [-0.3, -0.25) is 14.7 Å². The van der Waals surface area contributed by atoms with Crippen LogP contribution < -0.4 is 0 Å². The fourth-order valence-electron chi connectivity index (χ4n) is 7.45. The Morgan fingerprint density at radius 3 is 2.75 bits per heavy atom. The number of carboxylic acid groups (broad SMARTS) is 1. The molecule has 6 nitrogen and oxygen atoms in total. The number of hydrogen-bond donors (Lipinski definition) is 2. The van der Waals surface area contributed by atoms with E-state index >= 15 is 0 Å². The zero-order valence-corrected chi connectivity index (χ0v) is 18.8. The second kappa shape index (κ2) is 7.60. The Morgan fingerprint density at radius 2 is 1.97 bits per heavy atom. The lowest BCUT2D eigenvalue weighted by Crippen LogP contribution is -2.60. The zero-order chi connectivity index (χ0) is 22.0. The van der Waals surface area contributed by atoms with Gasteiger partial charge in [0.1, 0.15) is 0 Å². The van der Waals surface area contributed by atoms with Gasteiger partial charge in [0.25, 0.3) is 0 Å². The minimum absolute atomic E-state index is 0.0832. The minimum Gasteiger partial charge on any atom is -0.481 e. The summed E-state index contributed by atoms with van der Waals surface area (Å²) in [4.78, 5) is 27.3. The Kier molecular flexibility index (Phi) is 4.81. The highest BCUT2D eigenvalue weighted by molar-refractivity contribution is 5.87. The Labute approximate surface area is 188 Å². The molecule has 4 aliphatic rings. The molecule has 6 rings (SSSR count). The van der Waals surface area contributed by atoms with E-state index in [2.05, 4.69) is 40.2 Å². The molecule has 3 saturated carbocycles. The second-order valence-corrected chi connectivity index (χ2v) is 10.9. The molecule has 1 aromatic carbocycles. The molecular weight excluding hydrogens is 402 g/mol. The smallest absolute Gasteiger partial charge is 0.303 e. The molecule has 1 amide bonds. The molecule has 2 N–H and O–H groups in total. The highest BCUT2D eigenvalue weighted by Gasteiger charge is 2.50. The molecule has 1 aromatic heterocycles. The summed E-state index contributed by atoms with van der Waals surface area (Å²) < 4.78 is 0. The molecule has 32 heavy (non-hydrogen) atoms. The molecule has 3 bridgehead atoms. The number of carboxylic acids is 1. The van der Waals surface area contributed by atoms with Gasteiger partial charge in [0.15, 0.2) is 0 Å². The van der Waals surface area contributed by atoms with Crippen LogP contribution in [0.1, 0.15) is 87.8 Å². The number of benzene rings is 1. The second-order valence-electron chi connectivity index (χ2n) is 10.9. The monoisotopic (exact) mass is 435 g/mol. The zero-order valence-electron chi connectivity index (χ0n) is 18.8. The van der Waals surface area contributed by atoms with E-state index in [4.69, 9.17) is 0 Å². The first kappa shape index (κ1) is 20.3. The van der Waals surface area contributed by atoms with Crippen molar-refractivity contribution in [3.05, 3.63) is 29.5 Å². The van der Waals surface area contributed by atoms with Crippen molar-refractivity contribution in [3.63, 3.8) is 0 Å². The van der Waals surface area contributed by atoms with Crippen LogP contribution in [0.15, 0.2) is 18.2 Å². The van der Waals surface area contributed by atoms with Gasteiger partial charge in [0.2, 0.25) is 5.91 Å². The molecule has 170 valence electrons. The van der Waals surface area contributed by atoms with Crippen LogP contribution in [0, 0.1) is 17.8 Å². The lowest BCUT2D eigenvalue weighted by atomic mass is 9.59. The largest absolute Gasteiger partial charge is 0.481 e. The molecule has 1 aliphatic heterocycles. The molecular formula is C26H33N3O3. The number of carbonyl (C=O) groups is 2.